The summed E-state index contributed by atoms with van der Waals surface area (Å²) in [5, 5.41) is 23.4. The molecule has 1 N–H and O–H groups in total. The van der Waals surface area contributed by atoms with Crippen molar-refractivity contribution in [3.05, 3.63) is 53.3 Å². The van der Waals surface area contributed by atoms with Crippen molar-refractivity contribution in [2.24, 2.45) is 5.10 Å². The number of amides is 1. The first-order valence-corrected chi connectivity index (χ1v) is 8.09. The molecule has 0 fully saturated rings. The molecule has 2 heterocycles. The molecule has 2 aromatic rings. The van der Waals surface area contributed by atoms with Crippen LogP contribution in [0.5, 0.6) is 0 Å². The highest BCUT2D eigenvalue weighted by Gasteiger charge is 2.31. The number of carbonyl (C=O) groups is 2. The van der Waals surface area contributed by atoms with Gasteiger partial charge in [-0.25, -0.2) is 4.79 Å². The second kappa shape index (κ2) is 7.52. The molecule has 0 radical (unpaired) electrons. The molecule has 0 atom stereocenters. The van der Waals surface area contributed by atoms with E-state index in [1.165, 1.54) is 30.3 Å². The largest absolute Gasteiger partial charge is 0.478 e. The molecule has 0 saturated heterocycles. The molecule has 28 heavy (non-hydrogen) atoms. The fraction of sp³-hybridized carbons (Fsp3) is 0.100. The van der Waals surface area contributed by atoms with Gasteiger partial charge < -0.3 is 9.52 Å². The van der Waals surface area contributed by atoms with Gasteiger partial charge in [0.05, 0.1) is 16.8 Å². The van der Waals surface area contributed by atoms with Crippen LogP contribution in [0.1, 0.15) is 23.0 Å². The summed E-state index contributed by atoms with van der Waals surface area (Å²) in [6.07, 6.45) is 1.44. The number of benzene rings is 1. The smallest absolute Gasteiger partial charge is 0.335 e. The van der Waals surface area contributed by atoms with Gasteiger partial charge in [-0.3, -0.25) is 9.69 Å². The van der Waals surface area contributed by atoms with Crippen LogP contribution < -0.4 is 9.91 Å². The fourth-order valence-corrected chi connectivity index (χ4v) is 2.51. The van der Waals surface area contributed by atoms with Crippen LogP contribution in [0, 0.1) is 23.3 Å². The molecular weight excluding hydrogens is 360 g/mol. The molecule has 3 rings (SSSR count). The number of hydrogen-bond acceptors (Lipinski definition) is 6. The summed E-state index contributed by atoms with van der Waals surface area (Å²) in [5.41, 5.74) is 0.448. The summed E-state index contributed by atoms with van der Waals surface area (Å²) in [7, 11) is 1.73. The molecule has 0 saturated carbocycles. The summed E-state index contributed by atoms with van der Waals surface area (Å²) < 4.78 is 5.63. The molecule has 1 aromatic carbocycles. The molecule has 1 aliphatic heterocycles. The molecule has 0 unspecified atom stereocenters. The molecule has 8 heteroatoms. The van der Waals surface area contributed by atoms with Crippen LogP contribution in [-0.4, -0.2) is 29.7 Å². The monoisotopic (exact) mass is 374 g/mol. The average molecular weight is 374 g/mol. The third kappa shape index (κ3) is 3.48. The zero-order valence-electron chi connectivity index (χ0n) is 15.0. The number of nitrogens with zero attached hydrogens (tertiary/aromatic N) is 4. The first kappa shape index (κ1) is 18.5. The van der Waals surface area contributed by atoms with Gasteiger partial charge in [0.15, 0.2) is 5.71 Å². The van der Waals surface area contributed by atoms with E-state index in [4.69, 9.17) is 9.52 Å². The highest BCUT2D eigenvalue weighted by Crippen LogP contribution is 2.26. The predicted molar refractivity (Wildman–Crippen MR) is 102 cm³/mol. The molecule has 0 aliphatic carbocycles. The summed E-state index contributed by atoms with van der Waals surface area (Å²) in [5.74, 6) is 2.01. The average Bonchev–Trinajstić information content (AvgIpc) is 3.28. The Labute approximate surface area is 160 Å². The lowest BCUT2D eigenvalue weighted by molar-refractivity contribution is -0.114. The van der Waals surface area contributed by atoms with Gasteiger partial charge in [0.2, 0.25) is 5.88 Å². The quantitative estimate of drug-likeness (QED) is 0.500. The van der Waals surface area contributed by atoms with Crippen LogP contribution in [0.4, 0.5) is 11.6 Å². The first-order valence-electron chi connectivity index (χ1n) is 8.09. The number of hydrazone groups is 1. The lowest BCUT2D eigenvalue weighted by Gasteiger charge is -2.11. The highest BCUT2D eigenvalue weighted by molar-refractivity contribution is 6.37. The molecule has 1 aliphatic rings. The van der Waals surface area contributed by atoms with Gasteiger partial charge in [0.25, 0.3) is 5.91 Å². The summed E-state index contributed by atoms with van der Waals surface area (Å²) in [6, 6.07) is 13.7. The van der Waals surface area contributed by atoms with Crippen molar-refractivity contribution in [3.63, 3.8) is 0 Å². The van der Waals surface area contributed by atoms with Crippen molar-refractivity contribution in [3.8, 4) is 18.0 Å². The van der Waals surface area contributed by atoms with E-state index >= 15 is 0 Å². The molecule has 0 bridgehead atoms. The van der Waals surface area contributed by atoms with E-state index in [1.807, 2.05) is 6.07 Å². The van der Waals surface area contributed by atoms with Gasteiger partial charge in [0, 0.05) is 19.2 Å². The highest BCUT2D eigenvalue weighted by atomic mass is 16.4. The summed E-state index contributed by atoms with van der Waals surface area (Å²) in [6.45, 7) is 1.70. The zero-order valence-corrected chi connectivity index (χ0v) is 15.0. The number of nitriles is 1. The van der Waals surface area contributed by atoms with Crippen molar-refractivity contribution in [1.29, 1.82) is 5.26 Å². The van der Waals surface area contributed by atoms with Crippen LogP contribution >= 0.6 is 0 Å². The third-order valence-electron chi connectivity index (χ3n) is 3.85. The Bertz CT molecular complexity index is 1110. The van der Waals surface area contributed by atoms with Gasteiger partial charge >= 0.3 is 5.97 Å². The number of anilines is 2. The van der Waals surface area contributed by atoms with Crippen LogP contribution in [-0.2, 0) is 4.79 Å². The summed E-state index contributed by atoms with van der Waals surface area (Å²) in [4.78, 5) is 25.3. The van der Waals surface area contributed by atoms with Gasteiger partial charge in [-0.15, -0.1) is 0 Å². The Morgan fingerprint density at radius 1 is 1.29 bits per heavy atom. The van der Waals surface area contributed by atoms with Crippen LogP contribution in [0.2, 0.25) is 0 Å². The molecule has 8 nitrogen and oxygen atoms in total. The molecule has 1 amide bonds. The normalized spacial score (nSPS) is 14.3. The maximum Gasteiger partial charge on any atom is 0.335 e. The standard InChI is InChI=1S/C20H14N4O4/c1-3-10-23(2)18-9-8-15(28-18)11-16-17(12-21)22-24(19(16)25)14-6-4-13(5-7-14)20(26)27/h4-9,11H,1-2H3,(H,26,27). The maximum atomic E-state index is 12.7. The van der Waals surface area contributed by atoms with Gasteiger partial charge in [-0.05, 0) is 43.3 Å². The number of aromatic carboxylic acids is 1. The van der Waals surface area contributed by atoms with Crippen molar-refractivity contribution >= 4 is 35.2 Å². The number of carboxylic acids is 1. The second-order valence-corrected chi connectivity index (χ2v) is 5.68. The van der Waals surface area contributed by atoms with E-state index in [9.17, 15) is 14.9 Å². The zero-order chi connectivity index (χ0) is 20.3. The molecule has 1 aromatic heterocycles. The van der Waals surface area contributed by atoms with E-state index in [0.717, 1.165) is 5.01 Å². The number of furan rings is 1. The van der Waals surface area contributed by atoms with E-state index in [0.29, 0.717) is 17.3 Å². The van der Waals surface area contributed by atoms with Crippen LogP contribution in [0.25, 0.3) is 6.08 Å². The molecule has 0 spiro atoms. The van der Waals surface area contributed by atoms with Crippen LogP contribution in [0.3, 0.4) is 0 Å². The minimum atomic E-state index is -1.08. The lowest BCUT2D eigenvalue weighted by atomic mass is 10.1. The minimum Gasteiger partial charge on any atom is -0.478 e. The maximum absolute atomic E-state index is 12.7. The van der Waals surface area contributed by atoms with E-state index in [2.05, 4.69) is 17.1 Å². The van der Waals surface area contributed by atoms with Crippen LogP contribution in [0.15, 0.2) is 51.5 Å². The van der Waals surface area contributed by atoms with Crippen molar-refractivity contribution < 1.29 is 19.1 Å². The second-order valence-electron chi connectivity index (χ2n) is 5.68. The molecular formula is C20H14N4O4. The van der Waals surface area contributed by atoms with E-state index < -0.39 is 11.9 Å². The Morgan fingerprint density at radius 3 is 2.61 bits per heavy atom. The fourth-order valence-electron chi connectivity index (χ4n) is 2.51. The van der Waals surface area contributed by atoms with E-state index in [1.54, 1.807) is 31.0 Å². The Hall–Kier alpha value is -4.30. The molecule has 138 valence electrons. The Balaban J connectivity index is 1.91. The number of carboxylic acid groups (broad SMARTS) is 1. The summed E-state index contributed by atoms with van der Waals surface area (Å²) >= 11 is 0. The Kier molecular flexibility index (Phi) is 4.97. The van der Waals surface area contributed by atoms with Gasteiger partial charge in [-0.2, -0.15) is 15.4 Å². The topological polar surface area (TPSA) is 110 Å². The number of rotatable bonds is 4. The number of hydrogen-bond donors (Lipinski definition) is 1. The Morgan fingerprint density at radius 2 is 2.00 bits per heavy atom. The van der Waals surface area contributed by atoms with Gasteiger partial charge in [0.1, 0.15) is 11.8 Å². The minimum absolute atomic E-state index is 0.0630. The SMILES string of the molecule is CC#CN(C)c1ccc(C=C2C(=O)N(c3ccc(C(=O)O)cc3)N=C2C#N)o1. The number of carbonyl (C=O) groups excluding carboxylic acids is 1. The van der Waals surface area contributed by atoms with Crippen molar-refractivity contribution in [2.45, 2.75) is 6.92 Å². The lowest BCUT2D eigenvalue weighted by Crippen LogP contribution is -2.21. The van der Waals surface area contributed by atoms with Crippen molar-refractivity contribution in [1.82, 2.24) is 0 Å². The first-order chi connectivity index (χ1) is 13.4. The third-order valence-corrected chi connectivity index (χ3v) is 3.85. The van der Waals surface area contributed by atoms with Gasteiger partial charge in [-0.1, -0.05) is 5.92 Å². The van der Waals surface area contributed by atoms with Crippen molar-refractivity contribution in [2.75, 3.05) is 17.0 Å². The van der Waals surface area contributed by atoms with E-state index in [-0.39, 0.29) is 16.8 Å². The predicted octanol–water partition coefficient (Wildman–Crippen LogP) is 2.70.